The van der Waals surface area contributed by atoms with Crippen LogP contribution in [0.2, 0.25) is 0 Å². The smallest absolute Gasteiger partial charge is 0.207 e. The zero-order valence-corrected chi connectivity index (χ0v) is 18.5. The maximum absolute atomic E-state index is 13.2. The summed E-state index contributed by atoms with van der Waals surface area (Å²) in [5, 5.41) is 0. The normalized spacial score (nSPS) is 16.1. The highest BCUT2D eigenvalue weighted by molar-refractivity contribution is 7.89. The minimum atomic E-state index is -3.51. The minimum absolute atomic E-state index is 0.373. The second kappa shape index (κ2) is 10.2. The molecule has 29 heavy (non-hydrogen) atoms. The van der Waals surface area contributed by atoms with E-state index in [0.29, 0.717) is 18.0 Å². The van der Waals surface area contributed by atoms with Crippen molar-refractivity contribution in [2.24, 2.45) is 0 Å². The summed E-state index contributed by atoms with van der Waals surface area (Å²) in [7, 11) is -3.51. The van der Waals surface area contributed by atoms with Gasteiger partial charge in [0.05, 0.1) is 4.90 Å². The molecule has 2 aromatic carbocycles. The number of hydrogen-bond donors (Lipinski definition) is 0. The van der Waals surface area contributed by atoms with Gasteiger partial charge < -0.3 is 0 Å². The molecule has 0 bridgehead atoms. The monoisotopic (exact) mass is 411 g/mol. The van der Waals surface area contributed by atoms with E-state index in [9.17, 15) is 8.42 Å². The topological polar surface area (TPSA) is 37.4 Å². The third kappa shape index (κ3) is 5.58. The van der Waals surface area contributed by atoms with Crippen molar-refractivity contribution in [1.29, 1.82) is 0 Å². The third-order valence-electron chi connectivity index (χ3n) is 5.66. The van der Waals surface area contributed by atoms with Crippen molar-refractivity contribution in [3.63, 3.8) is 0 Å². The van der Waals surface area contributed by atoms with Crippen LogP contribution in [0.15, 0.2) is 59.5 Å². The first-order valence-electron chi connectivity index (χ1n) is 10.9. The van der Waals surface area contributed by atoms with Crippen molar-refractivity contribution in [3.05, 3.63) is 71.3 Å². The molecular formula is C25H33NO2S. The van der Waals surface area contributed by atoms with Crippen molar-refractivity contribution >= 4 is 15.6 Å². The molecule has 3 nitrogen and oxygen atoms in total. The first-order valence-corrected chi connectivity index (χ1v) is 12.3. The Bertz CT molecular complexity index is 930. The lowest BCUT2D eigenvalue weighted by atomic mass is 9.95. The molecule has 0 unspecified atom stereocenters. The van der Waals surface area contributed by atoms with Gasteiger partial charge in [0.1, 0.15) is 0 Å². The minimum Gasteiger partial charge on any atom is -0.207 e. The zero-order valence-electron chi connectivity index (χ0n) is 17.7. The Morgan fingerprint density at radius 1 is 0.897 bits per heavy atom. The van der Waals surface area contributed by atoms with Gasteiger partial charge in [0.15, 0.2) is 0 Å². The van der Waals surface area contributed by atoms with Crippen LogP contribution in [-0.2, 0) is 16.6 Å². The summed E-state index contributed by atoms with van der Waals surface area (Å²) < 4.78 is 28.1. The van der Waals surface area contributed by atoms with E-state index in [4.69, 9.17) is 0 Å². The number of hydrogen-bond acceptors (Lipinski definition) is 2. The fourth-order valence-electron chi connectivity index (χ4n) is 3.90. The summed E-state index contributed by atoms with van der Waals surface area (Å²) >= 11 is 0. The molecule has 1 heterocycles. The lowest BCUT2D eigenvalue weighted by Gasteiger charge is -2.30. The van der Waals surface area contributed by atoms with Gasteiger partial charge in [0.25, 0.3) is 0 Å². The van der Waals surface area contributed by atoms with Crippen LogP contribution < -0.4 is 0 Å². The van der Waals surface area contributed by atoms with E-state index in [1.54, 1.807) is 16.4 Å². The van der Waals surface area contributed by atoms with Gasteiger partial charge in [-0.25, -0.2) is 8.42 Å². The Kier molecular flexibility index (Phi) is 7.68. The van der Waals surface area contributed by atoms with Gasteiger partial charge in [-0.1, -0.05) is 87.1 Å². The largest absolute Gasteiger partial charge is 0.243 e. The molecule has 0 saturated heterocycles. The fourth-order valence-corrected chi connectivity index (χ4v) is 5.29. The van der Waals surface area contributed by atoms with Crippen molar-refractivity contribution in [2.45, 2.75) is 70.2 Å². The molecular weight excluding hydrogens is 378 g/mol. The molecule has 156 valence electrons. The molecule has 2 aromatic rings. The summed E-state index contributed by atoms with van der Waals surface area (Å²) in [6, 6.07) is 15.4. The van der Waals surface area contributed by atoms with Crippen LogP contribution >= 0.6 is 0 Å². The molecule has 0 spiro atoms. The van der Waals surface area contributed by atoms with Crippen LogP contribution in [0.4, 0.5) is 0 Å². The molecule has 0 saturated carbocycles. The van der Waals surface area contributed by atoms with E-state index in [0.717, 1.165) is 23.1 Å². The van der Waals surface area contributed by atoms with Crippen LogP contribution in [0.5, 0.6) is 0 Å². The van der Waals surface area contributed by atoms with E-state index in [-0.39, 0.29) is 0 Å². The van der Waals surface area contributed by atoms with E-state index in [2.05, 4.69) is 19.1 Å². The quantitative estimate of drug-likeness (QED) is 0.452. The predicted octanol–water partition coefficient (Wildman–Crippen LogP) is 6.33. The Morgan fingerprint density at radius 2 is 1.59 bits per heavy atom. The van der Waals surface area contributed by atoms with Gasteiger partial charge in [-0.15, -0.1) is 0 Å². The molecule has 0 N–H and O–H groups in total. The highest BCUT2D eigenvalue weighted by atomic mass is 32.2. The lowest BCUT2D eigenvalue weighted by Crippen LogP contribution is -2.35. The zero-order chi connectivity index (χ0) is 20.7. The van der Waals surface area contributed by atoms with Crippen molar-refractivity contribution in [2.75, 3.05) is 6.54 Å². The average molecular weight is 412 g/mol. The van der Waals surface area contributed by atoms with Crippen LogP contribution in [0, 0.1) is 6.92 Å². The Hall–Kier alpha value is -1.91. The summed E-state index contributed by atoms with van der Waals surface area (Å²) in [5.74, 6) is 0. The van der Waals surface area contributed by atoms with E-state index >= 15 is 0 Å². The first-order chi connectivity index (χ1) is 14.0. The van der Waals surface area contributed by atoms with Crippen LogP contribution in [0.1, 0.15) is 68.6 Å². The average Bonchev–Trinajstić information content (AvgIpc) is 2.73. The predicted molar refractivity (Wildman–Crippen MR) is 121 cm³/mol. The molecule has 0 radical (unpaired) electrons. The summed E-state index contributed by atoms with van der Waals surface area (Å²) in [4.78, 5) is 0.373. The summed E-state index contributed by atoms with van der Waals surface area (Å²) in [6.07, 6.45) is 10.9. The van der Waals surface area contributed by atoms with Crippen molar-refractivity contribution in [3.8, 4) is 0 Å². The SMILES string of the molecule is CCCCCCCC/C=C1\CN(S(=O)(=O)c2ccc(C)cc2)Cc2ccccc21. The number of nitrogens with zero attached hydrogens (tertiary/aromatic N) is 1. The number of allylic oxidation sites excluding steroid dienone is 1. The standard InChI is InChI=1S/C25H33NO2S/c1-3-4-5-6-7-8-9-12-22-19-26(20-23-13-10-11-14-25(22)23)29(27,28)24-17-15-21(2)16-18-24/h10-18H,3-9,19-20H2,1-2H3/b22-12+. The van der Waals surface area contributed by atoms with Gasteiger partial charge in [-0.3, -0.25) is 0 Å². The fraction of sp³-hybridized carbons (Fsp3) is 0.440. The first kappa shape index (κ1) is 21.8. The van der Waals surface area contributed by atoms with Gasteiger partial charge in [-0.05, 0) is 48.6 Å². The van der Waals surface area contributed by atoms with E-state index in [1.807, 2.05) is 37.3 Å². The highest BCUT2D eigenvalue weighted by Gasteiger charge is 2.30. The van der Waals surface area contributed by atoms with Gasteiger partial charge in [0, 0.05) is 13.1 Å². The van der Waals surface area contributed by atoms with Crippen LogP contribution in [0.3, 0.4) is 0 Å². The van der Waals surface area contributed by atoms with Gasteiger partial charge in [0.2, 0.25) is 10.0 Å². The molecule has 1 aliphatic rings. The molecule has 0 amide bonds. The highest BCUT2D eigenvalue weighted by Crippen LogP contribution is 2.31. The maximum Gasteiger partial charge on any atom is 0.243 e. The molecule has 4 heteroatoms. The van der Waals surface area contributed by atoms with E-state index in [1.165, 1.54) is 44.1 Å². The molecule has 0 fully saturated rings. The van der Waals surface area contributed by atoms with Crippen molar-refractivity contribution in [1.82, 2.24) is 4.31 Å². The number of sulfonamides is 1. The molecule has 0 aromatic heterocycles. The maximum atomic E-state index is 13.2. The molecule has 0 aliphatic carbocycles. The molecule has 3 rings (SSSR count). The third-order valence-corrected chi connectivity index (χ3v) is 7.47. The second-order valence-electron chi connectivity index (χ2n) is 8.03. The Morgan fingerprint density at radius 3 is 2.34 bits per heavy atom. The lowest BCUT2D eigenvalue weighted by molar-refractivity contribution is 0.433. The number of fused-ring (bicyclic) bond motifs is 1. The number of aryl methyl sites for hydroxylation is 1. The summed E-state index contributed by atoms with van der Waals surface area (Å²) in [6.45, 7) is 5.09. The van der Waals surface area contributed by atoms with Crippen molar-refractivity contribution < 1.29 is 8.42 Å². The molecule has 0 atom stereocenters. The number of benzene rings is 2. The van der Waals surface area contributed by atoms with Gasteiger partial charge in [-0.2, -0.15) is 4.31 Å². The molecule has 1 aliphatic heterocycles. The van der Waals surface area contributed by atoms with Gasteiger partial charge >= 0.3 is 0 Å². The number of rotatable bonds is 9. The van der Waals surface area contributed by atoms with Crippen LogP contribution in [-0.4, -0.2) is 19.3 Å². The number of unbranched alkanes of at least 4 members (excludes halogenated alkanes) is 6. The van der Waals surface area contributed by atoms with E-state index < -0.39 is 10.0 Å². The summed E-state index contributed by atoms with van der Waals surface area (Å²) in [5.41, 5.74) is 4.49. The Balaban J connectivity index is 1.75. The second-order valence-corrected chi connectivity index (χ2v) is 9.97. The van der Waals surface area contributed by atoms with Crippen LogP contribution in [0.25, 0.3) is 5.57 Å². The Labute approximate surface area is 176 Å².